The van der Waals surface area contributed by atoms with Gasteiger partial charge in [0.2, 0.25) is 0 Å². The SMILES string of the molecule is CCC(CC)SC1CCC2(C)C(=CCC3C2CCC2(C)C(C(C)CCCC(C)C)CCC32)C1. The van der Waals surface area contributed by atoms with Crippen LogP contribution in [0.3, 0.4) is 0 Å². The molecule has 0 amide bonds. The van der Waals surface area contributed by atoms with Crippen molar-refractivity contribution in [2.24, 2.45) is 46.3 Å². The molecule has 3 fully saturated rings. The molecule has 0 bridgehead atoms. The van der Waals surface area contributed by atoms with Crippen molar-refractivity contribution < 1.29 is 0 Å². The van der Waals surface area contributed by atoms with Crippen molar-refractivity contribution in [3.8, 4) is 0 Å². The summed E-state index contributed by atoms with van der Waals surface area (Å²) in [6.45, 7) is 17.6. The molecule has 0 aromatic heterocycles. The molecule has 0 nitrogen and oxygen atoms in total. The molecule has 0 N–H and O–H groups in total. The molecule has 0 aromatic carbocycles. The molecule has 0 heterocycles. The maximum Gasteiger partial charge on any atom is 0.00875 e. The van der Waals surface area contributed by atoms with E-state index in [1.807, 2.05) is 5.57 Å². The van der Waals surface area contributed by atoms with Gasteiger partial charge in [-0.3, -0.25) is 0 Å². The van der Waals surface area contributed by atoms with Crippen LogP contribution in [0.1, 0.15) is 132 Å². The summed E-state index contributed by atoms with van der Waals surface area (Å²) in [6.07, 6.45) is 21.7. The van der Waals surface area contributed by atoms with E-state index < -0.39 is 0 Å². The lowest BCUT2D eigenvalue weighted by Gasteiger charge is -2.58. The van der Waals surface area contributed by atoms with Gasteiger partial charge < -0.3 is 0 Å². The van der Waals surface area contributed by atoms with Gasteiger partial charge in [-0.25, -0.2) is 0 Å². The second kappa shape index (κ2) is 10.6. The van der Waals surface area contributed by atoms with Gasteiger partial charge in [-0.05, 0) is 111 Å². The van der Waals surface area contributed by atoms with E-state index in [1.54, 1.807) is 0 Å². The molecule has 0 aromatic rings. The molecular weight excluding hydrogens is 416 g/mol. The van der Waals surface area contributed by atoms with E-state index in [-0.39, 0.29) is 0 Å². The Balaban J connectivity index is 1.44. The van der Waals surface area contributed by atoms with Gasteiger partial charge in [-0.1, -0.05) is 79.4 Å². The number of fused-ring (bicyclic) bond motifs is 5. The monoisotopic (exact) mass is 472 g/mol. The van der Waals surface area contributed by atoms with Crippen molar-refractivity contribution in [3.63, 3.8) is 0 Å². The average molecular weight is 473 g/mol. The minimum Gasteiger partial charge on any atom is -0.155 e. The summed E-state index contributed by atoms with van der Waals surface area (Å²) in [5.41, 5.74) is 3.04. The Morgan fingerprint density at radius 3 is 2.39 bits per heavy atom. The highest BCUT2D eigenvalue weighted by Gasteiger charge is 2.59. The number of rotatable bonds is 9. The largest absolute Gasteiger partial charge is 0.155 e. The summed E-state index contributed by atoms with van der Waals surface area (Å²) < 4.78 is 0. The fourth-order valence-electron chi connectivity index (χ4n) is 9.52. The van der Waals surface area contributed by atoms with Gasteiger partial charge in [0.15, 0.2) is 0 Å². The first-order valence-corrected chi connectivity index (χ1v) is 16.0. The van der Waals surface area contributed by atoms with E-state index in [1.165, 1.54) is 83.5 Å². The zero-order valence-electron chi connectivity index (χ0n) is 23.3. The molecule has 33 heavy (non-hydrogen) atoms. The van der Waals surface area contributed by atoms with Crippen LogP contribution in [0.4, 0.5) is 0 Å². The van der Waals surface area contributed by atoms with Crippen molar-refractivity contribution in [2.75, 3.05) is 0 Å². The molecule has 8 atom stereocenters. The Morgan fingerprint density at radius 2 is 1.70 bits per heavy atom. The number of allylic oxidation sites excluding steroid dienone is 2. The van der Waals surface area contributed by atoms with Crippen LogP contribution in [-0.4, -0.2) is 10.5 Å². The highest BCUT2D eigenvalue weighted by atomic mass is 32.2. The van der Waals surface area contributed by atoms with E-state index in [2.05, 4.69) is 66.3 Å². The van der Waals surface area contributed by atoms with Gasteiger partial charge in [0.05, 0.1) is 0 Å². The Hall–Kier alpha value is 0.0900. The Kier molecular flexibility index (Phi) is 8.40. The van der Waals surface area contributed by atoms with E-state index in [0.29, 0.717) is 10.8 Å². The van der Waals surface area contributed by atoms with Crippen LogP contribution >= 0.6 is 11.8 Å². The molecule has 0 saturated heterocycles. The zero-order valence-corrected chi connectivity index (χ0v) is 24.1. The predicted molar refractivity (Wildman–Crippen MR) is 149 cm³/mol. The molecule has 4 aliphatic carbocycles. The number of thioether (sulfide) groups is 1. The minimum absolute atomic E-state index is 0.524. The third-order valence-corrected chi connectivity index (χ3v) is 13.4. The third-order valence-electron chi connectivity index (χ3n) is 11.6. The first-order valence-electron chi connectivity index (χ1n) is 15.1. The van der Waals surface area contributed by atoms with Gasteiger partial charge >= 0.3 is 0 Å². The van der Waals surface area contributed by atoms with Crippen LogP contribution in [-0.2, 0) is 0 Å². The molecule has 0 radical (unpaired) electrons. The summed E-state index contributed by atoms with van der Waals surface area (Å²) in [5.74, 6) is 5.74. The highest BCUT2D eigenvalue weighted by Crippen LogP contribution is 2.67. The maximum absolute atomic E-state index is 2.80. The zero-order chi connectivity index (χ0) is 23.8. The van der Waals surface area contributed by atoms with E-state index in [4.69, 9.17) is 0 Å². The predicted octanol–water partition coefficient (Wildman–Crippen LogP) is 10.3. The Bertz CT molecular complexity index is 674. The normalized spacial score (nSPS) is 41.5. The smallest absolute Gasteiger partial charge is 0.00875 e. The molecule has 1 heteroatoms. The van der Waals surface area contributed by atoms with Gasteiger partial charge in [-0.15, -0.1) is 0 Å². The molecular formula is C32H56S. The molecule has 8 unspecified atom stereocenters. The summed E-state index contributed by atoms with van der Waals surface area (Å²) in [4.78, 5) is 0. The first kappa shape index (κ1) is 26.2. The average Bonchev–Trinajstić information content (AvgIpc) is 3.14. The lowest BCUT2D eigenvalue weighted by atomic mass is 9.47. The summed E-state index contributed by atoms with van der Waals surface area (Å²) in [5, 5.41) is 1.77. The molecule has 4 aliphatic rings. The standard InChI is InChI=1S/C32H56S/c1-8-25(9-2)33-26-17-19-31(6)24(21-26)13-14-27-29-16-15-28(23(5)12-10-11-22(3)4)32(29,7)20-18-30(27)31/h13,22-23,25-30H,8-12,14-21H2,1-7H3. The minimum atomic E-state index is 0.524. The number of hydrogen-bond acceptors (Lipinski definition) is 1. The topological polar surface area (TPSA) is 0 Å². The number of hydrogen-bond donors (Lipinski definition) is 0. The highest BCUT2D eigenvalue weighted by molar-refractivity contribution is 8.00. The van der Waals surface area contributed by atoms with Gasteiger partial charge in [0, 0.05) is 10.5 Å². The summed E-state index contributed by atoms with van der Waals surface area (Å²) >= 11 is 2.33. The second-order valence-electron chi connectivity index (χ2n) is 13.7. The van der Waals surface area contributed by atoms with Crippen LogP contribution in [0.25, 0.3) is 0 Å². The molecule has 0 aliphatic heterocycles. The van der Waals surface area contributed by atoms with Crippen molar-refractivity contribution >= 4 is 11.8 Å². The van der Waals surface area contributed by atoms with Crippen LogP contribution < -0.4 is 0 Å². The van der Waals surface area contributed by atoms with Crippen molar-refractivity contribution in [3.05, 3.63) is 11.6 Å². The molecule has 3 saturated carbocycles. The first-order chi connectivity index (χ1) is 15.7. The third kappa shape index (κ3) is 5.02. The van der Waals surface area contributed by atoms with Crippen molar-refractivity contribution in [2.45, 2.75) is 142 Å². The van der Waals surface area contributed by atoms with Crippen LogP contribution in [0.2, 0.25) is 0 Å². The summed E-state index contributed by atoms with van der Waals surface area (Å²) in [7, 11) is 0. The van der Waals surface area contributed by atoms with Crippen molar-refractivity contribution in [1.29, 1.82) is 0 Å². The van der Waals surface area contributed by atoms with Gasteiger partial charge in [0.25, 0.3) is 0 Å². The summed E-state index contributed by atoms with van der Waals surface area (Å²) in [6, 6.07) is 0. The van der Waals surface area contributed by atoms with E-state index >= 15 is 0 Å². The van der Waals surface area contributed by atoms with Gasteiger partial charge in [0.1, 0.15) is 0 Å². The fourth-order valence-corrected chi connectivity index (χ4v) is 11.0. The van der Waals surface area contributed by atoms with Crippen LogP contribution in [0.5, 0.6) is 0 Å². The Labute approximate surface area is 211 Å². The van der Waals surface area contributed by atoms with E-state index in [0.717, 1.165) is 46.0 Å². The van der Waals surface area contributed by atoms with Crippen LogP contribution in [0.15, 0.2) is 11.6 Å². The quantitative estimate of drug-likeness (QED) is 0.301. The molecule has 190 valence electrons. The fraction of sp³-hybridized carbons (Fsp3) is 0.938. The molecule has 4 rings (SSSR count). The maximum atomic E-state index is 2.80. The lowest BCUT2D eigenvalue weighted by molar-refractivity contribution is -0.0497. The molecule has 0 spiro atoms. The van der Waals surface area contributed by atoms with Crippen molar-refractivity contribution in [1.82, 2.24) is 0 Å². The van der Waals surface area contributed by atoms with Gasteiger partial charge in [-0.2, -0.15) is 11.8 Å². The van der Waals surface area contributed by atoms with E-state index in [9.17, 15) is 0 Å². The van der Waals surface area contributed by atoms with Crippen LogP contribution in [0, 0.1) is 46.3 Å². The Morgan fingerprint density at radius 1 is 0.939 bits per heavy atom. The lowest BCUT2D eigenvalue weighted by Crippen LogP contribution is -2.50. The second-order valence-corrected chi connectivity index (χ2v) is 15.3.